The maximum absolute atomic E-state index is 12.2. The summed E-state index contributed by atoms with van der Waals surface area (Å²) < 4.78 is 41.4. The van der Waals surface area contributed by atoms with Gasteiger partial charge in [0.15, 0.2) is 6.61 Å². The lowest BCUT2D eigenvalue weighted by Gasteiger charge is -2.14. The molecule has 0 spiro atoms. The van der Waals surface area contributed by atoms with Gasteiger partial charge in [0.2, 0.25) is 0 Å². The van der Waals surface area contributed by atoms with Gasteiger partial charge in [-0.15, -0.1) is 0 Å². The molecule has 0 aliphatic carbocycles. The van der Waals surface area contributed by atoms with Crippen LogP contribution in [-0.2, 0) is 6.54 Å². The van der Waals surface area contributed by atoms with Crippen molar-refractivity contribution in [2.75, 3.05) is 11.9 Å². The SMILES string of the molecule is Oc1ccc(CNc2ccccc2OCC(F)(F)F)cc1. The van der Waals surface area contributed by atoms with Gasteiger partial charge in [-0.25, -0.2) is 0 Å². The summed E-state index contributed by atoms with van der Waals surface area (Å²) in [7, 11) is 0. The third-order valence-electron chi connectivity index (χ3n) is 2.70. The number of phenolic OH excluding ortho intramolecular Hbond substituents is 1. The highest BCUT2D eigenvalue weighted by molar-refractivity contribution is 5.56. The Morgan fingerprint density at radius 2 is 1.67 bits per heavy atom. The third kappa shape index (κ3) is 4.91. The molecule has 0 bridgehead atoms. The molecule has 0 radical (unpaired) electrons. The number of rotatable bonds is 5. The lowest BCUT2D eigenvalue weighted by molar-refractivity contribution is -0.153. The average molecular weight is 297 g/mol. The van der Waals surface area contributed by atoms with Gasteiger partial charge in [-0.1, -0.05) is 24.3 Å². The van der Waals surface area contributed by atoms with Crippen molar-refractivity contribution in [1.82, 2.24) is 0 Å². The molecule has 0 atom stereocenters. The molecule has 0 saturated carbocycles. The summed E-state index contributed by atoms with van der Waals surface area (Å²) in [6.07, 6.45) is -4.37. The lowest BCUT2D eigenvalue weighted by Crippen LogP contribution is -2.19. The third-order valence-corrected chi connectivity index (χ3v) is 2.70. The van der Waals surface area contributed by atoms with Crippen LogP contribution in [0.5, 0.6) is 11.5 Å². The first-order valence-corrected chi connectivity index (χ1v) is 6.24. The second-order valence-corrected chi connectivity index (χ2v) is 4.42. The highest BCUT2D eigenvalue weighted by Crippen LogP contribution is 2.26. The van der Waals surface area contributed by atoms with Crippen molar-refractivity contribution in [3.63, 3.8) is 0 Å². The van der Waals surface area contributed by atoms with Crippen LogP contribution in [0.3, 0.4) is 0 Å². The summed E-state index contributed by atoms with van der Waals surface area (Å²) in [5.41, 5.74) is 1.37. The second kappa shape index (κ2) is 6.39. The van der Waals surface area contributed by atoms with Gasteiger partial charge in [0.1, 0.15) is 11.5 Å². The van der Waals surface area contributed by atoms with E-state index in [2.05, 4.69) is 5.32 Å². The Bertz CT molecular complexity index is 582. The molecule has 112 valence electrons. The largest absolute Gasteiger partial charge is 0.508 e. The number of hydrogen-bond acceptors (Lipinski definition) is 3. The number of phenols is 1. The first-order chi connectivity index (χ1) is 9.94. The Morgan fingerprint density at radius 3 is 2.33 bits per heavy atom. The average Bonchev–Trinajstić information content (AvgIpc) is 2.44. The van der Waals surface area contributed by atoms with E-state index in [1.54, 1.807) is 42.5 Å². The molecule has 0 aliphatic rings. The molecule has 0 fully saturated rings. The fraction of sp³-hybridized carbons (Fsp3) is 0.200. The van der Waals surface area contributed by atoms with Crippen molar-refractivity contribution in [2.45, 2.75) is 12.7 Å². The Hall–Kier alpha value is -2.37. The molecule has 0 amide bonds. The first kappa shape index (κ1) is 15.0. The summed E-state index contributed by atoms with van der Waals surface area (Å²) >= 11 is 0. The van der Waals surface area contributed by atoms with Gasteiger partial charge >= 0.3 is 6.18 Å². The summed E-state index contributed by atoms with van der Waals surface area (Å²) in [5, 5.41) is 12.2. The van der Waals surface area contributed by atoms with Crippen molar-refractivity contribution < 1.29 is 23.0 Å². The van der Waals surface area contributed by atoms with Crippen molar-refractivity contribution in [3.05, 3.63) is 54.1 Å². The van der Waals surface area contributed by atoms with Crippen molar-refractivity contribution in [2.24, 2.45) is 0 Å². The number of anilines is 1. The molecule has 2 rings (SSSR count). The number of halogens is 3. The maximum atomic E-state index is 12.2. The fourth-order valence-electron chi connectivity index (χ4n) is 1.71. The predicted molar refractivity (Wildman–Crippen MR) is 73.4 cm³/mol. The summed E-state index contributed by atoms with van der Waals surface area (Å²) in [6.45, 7) is -0.919. The van der Waals surface area contributed by atoms with Crippen LogP contribution in [-0.4, -0.2) is 17.9 Å². The topological polar surface area (TPSA) is 41.5 Å². The van der Waals surface area contributed by atoms with Crippen LogP contribution in [0.1, 0.15) is 5.56 Å². The van der Waals surface area contributed by atoms with E-state index < -0.39 is 12.8 Å². The van der Waals surface area contributed by atoms with Crippen molar-refractivity contribution in [3.8, 4) is 11.5 Å². The first-order valence-electron chi connectivity index (χ1n) is 6.24. The molecule has 0 saturated heterocycles. The van der Waals surface area contributed by atoms with Crippen molar-refractivity contribution >= 4 is 5.69 Å². The van der Waals surface area contributed by atoms with E-state index in [9.17, 15) is 18.3 Å². The molecular weight excluding hydrogens is 283 g/mol. The highest BCUT2D eigenvalue weighted by Gasteiger charge is 2.28. The molecule has 2 aromatic rings. The second-order valence-electron chi connectivity index (χ2n) is 4.42. The minimum absolute atomic E-state index is 0.147. The maximum Gasteiger partial charge on any atom is 0.422 e. The van der Waals surface area contributed by atoms with Gasteiger partial charge in [0.25, 0.3) is 0 Å². The van der Waals surface area contributed by atoms with Crippen LogP contribution in [0.4, 0.5) is 18.9 Å². The number of benzene rings is 2. The Balaban J connectivity index is 2.01. The smallest absolute Gasteiger partial charge is 0.422 e. The Morgan fingerprint density at radius 1 is 1.00 bits per heavy atom. The minimum Gasteiger partial charge on any atom is -0.508 e. The van der Waals surface area contributed by atoms with E-state index in [0.29, 0.717) is 12.2 Å². The standard InChI is InChI=1S/C15H14F3NO2/c16-15(17,18)10-21-14-4-2-1-3-13(14)19-9-11-5-7-12(20)8-6-11/h1-8,19-20H,9-10H2. The molecule has 0 unspecified atom stereocenters. The zero-order valence-electron chi connectivity index (χ0n) is 11.0. The van der Waals surface area contributed by atoms with Crippen molar-refractivity contribution in [1.29, 1.82) is 0 Å². The summed E-state index contributed by atoms with van der Waals surface area (Å²) in [6, 6.07) is 13.0. The molecule has 2 aromatic carbocycles. The summed E-state index contributed by atoms with van der Waals surface area (Å²) in [5.74, 6) is 0.307. The van der Waals surface area contributed by atoms with E-state index in [1.807, 2.05) is 0 Å². The van der Waals surface area contributed by atoms with E-state index in [1.165, 1.54) is 6.07 Å². The number of nitrogens with one attached hydrogen (secondary N) is 1. The molecule has 6 heteroatoms. The quantitative estimate of drug-likeness (QED) is 0.878. The Labute approximate surface area is 120 Å². The number of alkyl halides is 3. The van der Waals surface area contributed by atoms with E-state index in [0.717, 1.165) is 5.56 Å². The van der Waals surface area contributed by atoms with Crippen LogP contribution in [0.2, 0.25) is 0 Å². The molecule has 0 aliphatic heterocycles. The zero-order valence-corrected chi connectivity index (χ0v) is 11.0. The number of aromatic hydroxyl groups is 1. The molecule has 0 aromatic heterocycles. The normalized spacial score (nSPS) is 11.2. The highest BCUT2D eigenvalue weighted by atomic mass is 19.4. The fourth-order valence-corrected chi connectivity index (χ4v) is 1.71. The molecule has 21 heavy (non-hydrogen) atoms. The number of ether oxygens (including phenoxy) is 1. The van der Waals surface area contributed by atoms with Crippen LogP contribution in [0.15, 0.2) is 48.5 Å². The monoisotopic (exact) mass is 297 g/mol. The van der Waals surface area contributed by atoms with Gasteiger partial charge in [0, 0.05) is 6.54 Å². The predicted octanol–water partition coefficient (Wildman–Crippen LogP) is 3.95. The van der Waals surface area contributed by atoms with E-state index in [4.69, 9.17) is 4.74 Å². The van der Waals surface area contributed by atoms with E-state index >= 15 is 0 Å². The summed E-state index contributed by atoms with van der Waals surface area (Å²) in [4.78, 5) is 0. The molecule has 2 N–H and O–H groups in total. The molecule has 3 nitrogen and oxygen atoms in total. The van der Waals surface area contributed by atoms with Gasteiger partial charge in [-0.3, -0.25) is 0 Å². The van der Waals surface area contributed by atoms with Gasteiger partial charge in [-0.2, -0.15) is 13.2 Å². The van der Waals surface area contributed by atoms with Gasteiger partial charge < -0.3 is 15.2 Å². The van der Waals surface area contributed by atoms with Crippen LogP contribution in [0.25, 0.3) is 0 Å². The van der Waals surface area contributed by atoms with E-state index in [-0.39, 0.29) is 11.5 Å². The molecule has 0 heterocycles. The zero-order chi connectivity index (χ0) is 15.3. The van der Waals surface area contributed by atoms with Gasteiger partial charge in [0.05, 0.1) is 5.69 Å². The number of para-hydroxylation sites is 2. The Kier molecular flexibility index (Phi) is 4.57. The molecular formula is C15H14F3NO2. The lowest BCUT2D eigenvalue weighted by atomic mass is 10.2. The minimum atomic E-state index is -4.37. The van der Waals surface area contributed by atoms with Gasteiger partial charge in [-0.05, 0) is 29.8 Å². The van der Waals surface area contributed by atoms with Crippen LogP contribution >= 0.6 is 0 Å². The van der Waals surface area contributed by atoms with Crippen LogP contribution < -0.4 is 10.1 Å². The van der Waals surface area contributed by atoms with Crippen LogP contribution in [0, 0.1) is 0 Å². The number of hydrogen-bond donors (Lipinski definition) is 2.